The van der Waals surface area contributed by atoms with E-state index in [0.717, 1.165) is 28.0 Å². The lowest BCUT2D eigenvalue weighted by Gasteiger charge is -2.13. The van der Waals surface area contributed by atoms with Crippen LogP contribution < -0.4 is 10.2 Å². The number of aromatic carboxylic acids is 1. The number of hydrogen-bond donors (Lipinski definition) is 1. The topological polar surface area (TPSA) is 116 Å². The van der Waals surface area contributed by atoms with Crippen molar-refractivity contribution in [2.75, 3.05) is 7.11 Å². The highest BCUT2D eigenvalue weighted by molar-refractivity contribution is 7.90. The Bertz CT molecular complexity index is 1860. The number of carboxylic acid groups (broad SMARTS) is 1. The number of thiazole rings is 1. The number of rotatable bonds is 8. The van der Waals surface area contributed by atoms with Crippen molar-refractivity contribution in [3.8, 4) is 16.9 Å². The van der Waals surface area contributed by atoms with Gasteiger partial charge in [-0.05, 0) is 53.1 Å². The van der Waals surface area contributed by atoms with Crippen LogP contribution in [0.2, 0.25) is 5.02 Å². The molecule has 0 aliphatic heterocycles. The molecule has 0 fully saturated rings. The number of aromatic nitrogens is 2. The van der Waals surface area contributed by atoms with Crippen LogP contribution in [0.5, 0.6) is 5.75 Å². The third-order valence-electron chi connectivity index (χ3n) is 6.13. The summed E-state index contributed by atoms with van der Waals surface area (Å²) in [5, 5.41) is 10.5. The van der Waals surface area contributed by atoms with E-state index in [9.17, 15) is 23.1 Å². The summed E-state index contributed by atoms with van der Waals surface area (Å²) in [5.74, 6) is -1.31. The highest BCUT2D eigenvalue weighted by Gasteiger charge is 2.23. The molecule has 3 aromatic carbocycles. The van der Waals surface area contributed by atoms with Gasteiger partial charge in [0.2, 0.25) is 5.43 Å². The Hall–Kier alpha value is -3.99. The number of benzene rings is 3. The quantitative estimate of drug-likeness (QED) is 0.257. The second-order valence-electron chi connectivity index (χ2n) is 8.66. The minimum Gasteiger partial charge on any atom is -0.497 e. The smallest absolute Gasteiger partial charge is 0.341 e. The Balaban J connectivity index is 1.58. The van der Waals surface area contributed by atoms with E-state index in [1.54, 1.807) is 28.8 Å². The van der Waals surface area contributed by atoms with Gasteiger partial charge in [-0.25, -0.2) is 18.2 Å². The summed E-state index contributed by atoms with van der Waals surface area (Å²) in [5.41, 5.74) is 1.40. The molecule has 0 aliphatic carbocycles. The van der Waals surface area contributed by atoms with Crippen LogP contribution in [-0.2, 0) is 22.1 Å². The van der Waals surface area contributed by atoms with Crippen molar-refractivity contribution in [2.45, 2.75) is 17.2 Å². The lowest BCUT2D eigenvalue weighted by atomic mass is 9.99. The van der Waals surface area contributed by atoms with Gasteiger partial charge in [0.15, 0.2) is 9.84 Å². The van der Waals surface area contributed by atoms with Crippen molar-refractivity contribution in [3.63, 3.8) is 0 Å². The summed E-state index contributed by atoms with van der Waals surface area (Å²) >= 11 is 7.10. The number of sulfone groups is 1. The second-order valence-corrected chi connectivity index (χ2v) is 12.2. The fourth-order valence-electron chi connectivity index (χ4n) is 4.21. The first-order chi connectivity index (χ1) is 18.7. The summed E-state index contributed by atoms with van der Waals surface area (Å²) in [6, 6.07) is 20.9. The zero-order valence-corrected chi connectivity index (χ0v) is 22.9. The normalized spacial score (nSPS) is 11.5. The number of hydrogen-bond acceptors (Lipinski definition) is 7. The van der Waals surface area contributed by atoms with Gasteiger partial charge in [0, 0.05) is 17.8 Å². The third-order valence-corrected chi connectivity index (χ3v) is 9.31. The molecule has 2 heterocycles. The standard InChI is InChI=1S/C28H21ClN2O6S2/c1-37-20-10-12-21(13-11-20)39(35,36)16-24-30-25-26(32)23(28(33)34)15-31(27(25)38-24)14-18-4-2-3-5-22(18)17-6-8-19(29)9-7-17/h2-13,15H,14,16H2,1H3,(H,33,34). The minimum atomic E-state index is -3.79. The summed E-state index contributed by atoms with van der Waals surface area (Å²) in [7, 11) is -2.30. The van der Waals surface area contributed by atoms with Crippen LogP contribution in [0.3, 0.4) is 0 Å². The van der Waals surface area contributed by atoms with Crippen molar-refractivity contribution in [3.05, 3.63) is 110 Å². The van der Waals surface area contributed by atoms with Crippen LogP contribution in [0.4, 0.5) is 0 Å². The van der Waals surface area contributed by atoms with E-state index in [2.05, 4.69) is 4.98 Å². The Morgan fingerprint density at radius 3 is 2.41 bits per heavy atom. The summed E-state index contributed by atoms with van der Waals surface area (Å²) < 4.78 is 32.9. The fraction of sp³-hybridized carbons (Fsp3) is 0.107. The number of pyridine rings is 1. The van der Waals surface area contributed by atoms with Gasteiger partial charge in [-0.15, -0.1) is 0 Å². The van der Waals surface area contributed by atoms with Crippen molar-refractivity contribution >= 4 is 49.1 Å². The van der Waals surface area contributed by atoms with Gasteiger partial charge in [-0.2, -0.15) is 0 Å². The van der Waals surface area contributed by atoms with Crippen molar-refractivity contribution < 1.29 is 23.1 Å². The van der Waals surface area contributed by atoms with Gasteiger partial charge in [-0.3, -0.25) is 4.79 Å². The van der Waals surface area contributed by atoms with E-state index in [-0.39, 0.29) is 22.0 Å². The molecule has 198 valence electrons. The Kier molecular flexibility index (Phi) is 7.26. The van der Waals surface area contributed by atoms with E-state index in [1.165, 1.54) is 25.4 Å². The number of halogens is 1. The number of fused-ring (bicyclic) bond motifs is 1. The van der Waals surface area contributed by atoms with Crippen LogP contribution >= 0.6 is 22.9 Å². The molecule has 0 spiro atoms. The maximum absolute atomic E-state index is 13.1. The molecule has 0 radical (unpaired) electrons. The summed E-state index contributed by atoms with van der Waals surface area (Å²) in [4.78, 5) is 29.7. The largest absolute Gasteiger partial charge is 0.497 e. The molecule has 0 bridgehead atoms. The summed E-state index contributed by atoms with van der Waals surface area (Å²) in [6.45, 7) is 0.225. The van der Waals surface area contributed by atoms with Gasteiger partial charge in [0.1, 0.15) is 32.4 Å². The molecule has 0 aliphatic rings. The molecule has 11 heteroatoms. The van der Waals surface area contributed by atoms with Crippen LogP contribution in [0, 0.1) is 0 Å². The minimum absolute atomic E-state index is 0.0798. The van der Waals surface area contributed by atoms with Crippen LogP contribution in [0.1, 0.15) is 20.9 Å². The van der Waals surface area contributed by atoms with Crippen LogP contribution in [0.15, 0.2) is 88.7 Å². The zero-order chi connectivity index (χ0) is 27.7. The number of carbonyl (C=O) groups is 1. The molecule has 8 nitrogen and oxygen atoms in total. The molecule has 5 aromatic rings. The van der Waals surface area contributed by atoms with E-state index >= 15 is 0 Å². The fourth-order valence-corrected chi connectivity index (χ4v) is 6.98. The molecule has 0 saturated carbocycles. The van der Waals surface area contributed by atoms with Gasteiger partial charge >= 0.3 is 5.97 Å². The lowest BCUT2D eigenvalue weighted by Crippen LogP contribution is -2.19. The average molecular weight is 581 g/mol. The first-order valence-electron chi connectivity index (χ1n) is 11.6. The van der Waals surface area contributed by atoms with E-state index < -0.39 is 32.6 Å². The lowest BCUT2D eigenvalue weighted by molar-refractivity contribution is 0.0694. The number of ether oxygens (including phenoxy) is 1. The van der Waals surface area contributed by atoms with E-state index in [4.69, 9.17) is 16.3 Å². The van der Waals surface area contributed by atoms with Gasteiger partial charge in [-0.1, -0.05) is 59.3 Å². The molecule has 0 atom stereocenters. The van der Waals surface area contributed by atoms with Crippen LogP contribution in [-0.4, -0.2) is 36.2 Å². The third kappa shape index (κ3) is 5.44. The molecular weight excluding hydrogens is 560 g/mol. The molecular formula is C28H21ClN2O6S2. The first kappa shape index (κ1) is 26.6. The average Bonchev–Trinajstić information content (AvgIpc) is 3.35. The molecule has 1 N–H and O–H groups in total. The molecule has 5 rings (SSSR count). The molecule has 0 saturated heterocycles. The van der Waals surface area contributed by atoms with Gasteiger partial charge in [0.25, 0.3) is 0 Å². The monoisotopic (exact) mass is 580 g/mol. The van der Waals surface area contributed by atoms with Gasteiger partial charge < -0.3 is 14.4 Å². The summed E-state index contributed by atoms with van der Waals surface area (Å²) in [6.07, 6.45) is 1.28. The van der Waals surface area contributed by atoms with Crippen LogP contribution in [0.25, 0.3) is 21.5 Å². The van der Waals surface area contributed by atoms with E-state index in [0.29, 0.717) is 15.6 Å². The maximum atomic E-state index is 13.1. The number of nitrogens with zero attached hydrogens (tertiary/aromatic N) is 2. The Morgan fingerprint density at radius 2 is 1.74 bits per heavy atom. The molecule has 2 aromatic heterocycles. The highest BCUT2D eigenvalue weighted by Crippen LogP contribution is 2.29. The Labute approximate surface area is 232 Å². The highest BCUT2D eigenvalue weighted by atomic mass is 35.5. The SMILES string of the molecule is COc1ccc(S(=O)(=O)Cc2nc3c(=O)c(C(=O)O)cn(Cc4ccccc4-c4ccc(Cl)cc4)c3s2)cc1. The predicted octanol–water partition coefficient (Wildman–Crippen LogP) is 5.51. The molecule has 39 heavy (non-hydrogen) atoms. The maximum Gasteiger partial charge on any atom is 0.341 e. The van der Waals surface area contributed by atoms with Crippen molar-refractivity contribution in [1.82, 2.24) is 9.55 Å². The molecule has 0 amide bonds. The second kappa shape index (κ2) is 10.6. The predicted molar refractivity (Wildman–Crippen MR) is 151 cm³/mol. The Morgan fingerprint density at radius 1 is 1.05 bits per heavy atom. The molecule has 0 unspecified atom stereocenters. The first-order valence-corrected chi connectivity index (χ1v) is 14.5. The number of methoxy groups -OCH3 is 1. The van der Waals surface area contributed by atoms with Crippen molar-refractivity contribution in [2.24, 2.45) is 0 Å². The van der Waals surface area contributed by atoms with Crippen molar-refractivity contribution in [1.29, 1.82) is 0 Å². The number of carboxylic acids is 1. The van der Waals surface area contributed by atoms with Gasteiger partial charge in [0.05, 0.1) is 12.0 Å². The zero-order valence-electron chi connectivity index (χ0n) is 20.5. The van der Waals surface area contributed by atoms with E-state index in [1.807, 2.05) is 36.4 Å².